The molecule has 0 aromatic heterocycles. The number of amides is 1. The molecule has 0 heterocycles. The molecule has 0 aliphatic carbocycles. The van der Waals surface area contributed by atoms with Gasteiger partial charge in [0.15, 0.2) is 0 Å². The van der Waals surface area contributed by atoms with E-state index in [0.29, 0.717) is 25.1 Å². The molecule has 1 amide bonds. The highest BCUT2D eigenvalue weighted by atomic mass is 16.5. The highest BCUT2D eigenvalue weighted by Crippen LogP contribution is 2.23. The number of rotatable bonds is 9. The summed E-state index contributed by atoms with van der Waals surface area (Å²) in [6.45, 7) is 6.89. The summed E-state index contributed by atoms with van der Waals surface area (Å²) in [4.78, 5) is 11.7. The first-order chi connectivity index (χ1) is 10.1. The minimum absolute atomic E-state index is 0.0891. The van der Waals surface area contributed by atoms with Crippen LogP contribution in [0.25, 0.3) is 0 Å². The third-order valence-corrected chi connectivity index (χ3v) is 3.49. The molecule has 4 nitrogen and oxygen atoms in total. The number of carbonyl (C=O) groups excluding carboxylic acids is 1. The summed E-state index contributed by atoms with van der Waals surface area (Å²) >= 11 is 0. The first-order valence-corrected chi connectivity index (χ1v) is 7.87. The molecule has 0 fully saturated rings. The topological polar surface area (TPSA) is 64.3 Å². The van der Waals surface area contributed by atoms with Crippen LogP contribution in [0.4, 0.5) is 5.69 Å². The number of unbranched alkanes of at least 4 members (excludes halogenated alkanes) is 1. The molecule has 3 N–H and O–H groups in total. The smallest absolute Gasteiger partial charge is 0.220 e. The first kappa shape index (κ1) is 17.3. The summed E-state index contributed by atoms with van der Waals surface area (Å²) in [6, 6.07) is 6.01. The Bertz CT molecular complexity index is 446. The number of nitrogen functional groups attached to an aromatic ring is 1. The third-order valence-electron chi connectivity index (χ3n) is 3.49. The van der Waals surface area contributed by atoms with E-state index < -0.39 is 0 Å². The van der Waals surface area contributed by atoms with Gasteiger partial charge in [0.05, 0.1) is 12.3 Å². The quantitative estimate of drug-likeness (QED) is 0.542. The maximum atomic E-state index is 11.7. The lowest BCUT2D eigenvalue weighted by molar-refractivity contribution is -0.121. The standard InChI is InChI=1S/C17H28N2O2/c1-4-6-11-21-16-9-7-14(12-15(16)18)8-10-17(20)19-13(3)5-2/h7,9,12-13H,4-6,8,10-11,18H2,1-3H3,(H,19,20). The van der Waals surface area contributed by atoms with Gasteiger partial charge in [-0.2, -0.15) is 0 Å². The molecule has 118 valence electrons. The lowest BCUT2D eigenvalue weighted by atomic mass is 10.1. The average molecular weight is 292 g/mol. The van der Waals surface area contributed by atoms with Crippen LogP contribution in [0.5, 0.6) is 5.75 Å². The number of carbonyl (C=O) groups is 1. The number of hydrogen-bond donors (Lipinski definition) is 2. The zero-order chi connectivity index (χ0) is 15.7. The predicted molar refractivity (Wildman–Crippen MR) is 87.5 cm³/mol. The normalized spacial score (nSPS) is 12.0. The average Bonchev–Trinajstić information content (AvgIpc) is 2.47. The molecule has 4 heteroatoms. The van der Waals surface area contributed by atoms with Crippen LogP contribution in [0.1, 0.15) is 52.0 Å². The number of aryl methyl sites for hydroxylation is 1. The predicted octanol–water partition coefficient (Wildman–Crippen LogP) is 3.30. The van der Waals surface area contributed by atoms with Crippen LogP contribution in [0.2, 0.25) is 0 Å². The van der Waals surface area contributed by atoms with Gasteiger partial charge in [-0.25, -0.2) is 0 Å². The van der Waals surface area contributed by atoms with Crippen molar-refractivity contribution >= 4 is 11.6 Å². The van der Waals surface area contributed by atoms with Gasteiger partial charge >= 0.3 is 0 Å². The van der Waals surface area contributed by atoms with Crippen LogP contribution in [-0.2, 0) is 11.2 Å². The largest absolute Gasteiger partial charge is 0.491 e. The van der Waals surface area contributed by atoms with Crippen molar-refractivity contribution in [1.29, 1.82) is 0 Å². The fourth-order valence-electron chi connectivity index (χ4n) is 1.92. The number of nitrogens with two attached hydrogens (primary N) is 1. The van der Waals surface area contributed by atoms with Crippen LogP contribution in [0.3, 0.4) is 0 Å². The van der Waals surface area contributed by atoms with Crippen molar-refractivity contribution in [3.8, 4) is 5.75 Å². The van der Waals surface area contributed by atoms with Crippen molar-refractivity contribution in [2.24, 2.45) is 0 Å². The molecule has 0 aliphatic heterocycles. The number of hydrogen-bond acceptors (Lipinski definition) is 3. The van der Waals surface area contributed by atoms with Gasteiger partial charge in [-0.3, -0.25) is 4.79 Å². The summed E-state index contributed by atoms with van der Waals surface area (Å²) in [7, 11) is 0. The lowest BCUT2D eigenvalue weighted by Gasteiger charge is -2.12. The number of ether oxygens (including phenoxy) is 1. The van der Waals surface area contributed by atoms with E-state index in [9.17, 15) is 4.79 Å². The number of nitrogens with one attached hydrogen (secondary N) is 1. The van der Waals surface area contributed by atoms with Crippen LogP contribution in [0, 0.1) is 0 Å². The second-order valence-electron chi connectivity index (χ2n) is 5.45. The Kier molecular flexibility index (Phi) is 7.65. The van der Waals surface area contributed by atoms with Crippen LogP contribution >= 0.6 is 0 Å². The Labute approximate surface area is 128 Å². The summed E-state index contributed by atoms with van der Waals surface area (Å²) in [5.41, 5.74) is 7.70. The molecule has 0 saturated heterocycles. The van der Waals surface area contributed by atoms with Gasteiger partial charge in [0, 0.05) is 12.5 Å². The molecule has 1 atom stereocenters. The van der Waals surface area contributed by atoms with E-state index in [1.54, 1.807) is 0 Å². The molecule has 0 aliphatic rings. The van der Waals surface area contributed by atoms with Crippen LogP contribution in [-0.4, -0.2) is 18.6 Å². The van der Waals surface area contributed by atoms with E-state index in [-0.39, 0.29) is 11.9 Å². The van der Waals surface area contributed by atoms with Crippen molar-refractivity contribution in [3.05, 3.63) is 23.8 Å². The zero-order valence-corrected chi connectivity index (χ0v) is 13.4. The van der Waals surface area contributed by atoms with Gasteiger partial charge in [0.2, 0.25) is 5.91 Å². The Morgan fingerprint density at radius 2 is 2.14 bits per heavy atom. The van der Waals surface area contributed by atoms with Crippen molar-refractivity contribution in [2.75, 3.05) is 12.3 Å². The number of benzene rings is 1. The third kappa shape index (κ3) is 6.52. The summed E-state index contributed by atoms with van der Waals surface area (Å²) in [5.74, 6) is 0.822. The van der Waals surface area contributed by atoms with Crippen molar-refractivity contribution in [3.63, 3.8) is 0 Å². The minimum Gasteiger partial charge on any atom is -0.491 e. The lowest BCUT2D eigenvalue weighted by Crippen LogP contribution is -2.32. The van der Waals surface area contributed by atoms with E-state index in [0.717, 1.165) is 30.6 Å². The Hall–Kier alpha value is -1.71. The Morgan fingerprint density at radius 3 is 2.76 bits per heavy atom. The maximum Gasteiger partial charge on any atom is 0.220 e. The molecule has 1 aromatic rings. The van der Waals surface area contributed by atoms with Gasteiger partial charge in [0.25, 0.3) is 0 Å². The van der Waals surface area contributed by atoms with Crippen molar-refractivity contribution < 1.29 is 9.53 Å². The summed E-state index contributed by atoms with van der Waals surface area (Å²) in [6.07, 6.45) is 4.25. The van der Waals surface area contributed by atoms with Crippen molar-refractivity contribution in [2.45, 2.75) is 58.9 Å². The molecule has 0 saturated carbocycles. The molecule has 1 rings (SSSR count). The van der Waals surface area contributed by atoms with Gasteiger partial charge in [-0.1, -0.05) is 26.3 Å². The van der Waals surface area contributed by atoms with E-state index >= 15 is 0 Å². The molecular weight excluding hydrogens is 264 g/mol. The fraction of sp³-hybridized carbons (Fsp3) is 0.588. The Morgan fingerprint density at radius 1 is 1.38 bits per heavy atom. The maximum absolute atomic E-state index is 11.7. The highest BCUT2D eigenvalue weighted by molar-refractivity contribution is 5.76. The van der Waals surface area contributed by atoms with Gasteiger partial charge < -0.3 is 15.8 Å². The molecule has 21 heavy (non-hydrogen) atoms. The monoisotopic (exact) mass is 292 g/mol. The van der Waals surface area contributed by atoms with Crippen molar-refractivity contribution in [1.82, 2.24) is 5.32 Å². The highest BCUT2D eigenvalue weighted by Gasteiger charge is 2.07. The van der Waals surface area contributed by atoms with E-state index in [2.05, 4.69) is 19.2 Å². The molecular formula is C17H28N2O2. The zero-order valence-electron chi connectivity index (χ0n) is 13.4. The molecule has 0 radical (unpaired) electrons. The minimum atomic E-state index is 0.0891. The van der Waals surface area contributed by atoms with Crippen LogP contribution < -0.4 is 15.8 Å². The van der Waals surface area contributed by atoms with Gasteiger partial charge in [-0.15, -0.1) is 0 Å². The van der Waals surface area contributed by atoms with E-state index in [4.69, 9.17) is 10.5 Å². The SMILES string of the molecule is CCCCOc1ccc(CCC(=O)NC(C)CC)cc1N. The van der Waals surface area contributed by atoms with E-state index in [1.165, 1.54) is 0 Å². The molecule has 1 aromatic carbocycles. The first-order valence-electron chi connectivity index (χ1n) is 7.87. The van der Waals surface area contributed by atoms with E-state index in [1.807, 2.05) is 25.1 Å². The number of anilines is 1. The molecule has 0 bridgehead atoms. The second kappa shape index (κ2) is 9.27. The van der Waals surface area contributed by atoms with Gasteiger partial charge in [-0.05, 0) is 43.9 Å². The fourth-order valence-corrected chi connectivity index (χ4v) is 1.92. The van der Waals surface area contributed by atoms with Gasteiger partial charge in [0.1, 0.15) is 5.75 Å². The summed E-state index contributed by atoms with van der Waals surface area (Å²) < 4.78 is 5.62. The van der Waals surface area contributed by atoms with Crippen LogP contribution in [0.15, 0.2) is 18.2 Å². The second-order valence-corrected chi connectivity index (χ2v) is 5.45. The molecule has 1 unspecified atom stereocenters. The Balaban J connectivity index is 2.46. The summed E-state index contributed by atoms with van der Waals surface area (Å²) in [5, 5.41) is 2.97. The molecule has 0 spiro atoms.